The van der Waals surface area contributed by atoms with Crippen molar-refractivity contribution in [2.24, 2.45) is 23.7 Å². The van der Waals surface area contributed by atoms with Crippen molar-refractivity contribution in [3.63, 3.8) is 0 Å². The Morgan fingerprint density at radius 2 is 1.62 bits per heavy atom. The number of alkyl halides is 1. The molecule has 6 N–H and O–H groups in total. The quantitative estimate of drug-likeness (QED) is 0.106. The lowest BCUT2D eigenvalue weighted by atomic mass is 9.68. The number of hydrogen-bond donors (Lipinski definition) is 6. The van der Waals surface area contributed by atoms with Gasteiger partial charge >= 0.3 is 5.97 Å². The van der Waals surface area contributed by atoms with E-state index in [1.807, 2.05) is 81.2 Å². The van der Waals surface area contributed by atoms with Crippen molar-refractivity contribution in [1.82, 2.24) is 35.1 Å². The molecule has 4 saturated heterocycles. The Kier molecular flexibility index (Phi) is 22.0. The zero-order chi connectivity index (χ0) is 59.3. The first-order valence-corrected chi connectivity index (χ1v) is 29.4. The molecule has 0 radical (unpaired) electrons. The van der Waals surface area contributed by atoms with Crippen molar-refractivity contribution in [3.05, 3.63) is 60.0 Å². The number of nitrogens with one attached hydrogen (secondary N) is 1. The molecule has 20 atom stereocenters. The summed E-state index contributed by atoms with van der Waals surface area (Å²) in [6, 6.07) is 10.1. The number of carbonyl (C=O) groups is 1. The van der Waals surface area contributed by atoms with E-state index in [0.29, 0.717) is 31.6 Å². The van der Waals surface area contributed by atoms with Crippen molar-refractivity contribution in [2.45, 2.75) is 197 Å². The number of aromatic nitrogens is 4. The monoisotopic (exact) mass is 1140 g/mol. The Morgan fingerprint density at radius 1 is 0.938 bits per heavy atom. The van der Waals surface area contributed by atoms with Crippen LogP contribution in [0.2, 0.25) is 0 Å². The largest absolute Gasteiger partial charge is 0.459 e. The van der Waals surface area contributed by atoms with Gasteiger partial charge in [-0.25, -0.2) is 14.1 Å². The van der Waals surface area contributed by atoms with Crippen LogP contribution in [0.15, 0.2) is 48.8 Å². The maximum atomic E-state index is 15.1. The number of anilines is 1. The van der Waals surface area contributed by atoms with E-state index in [-0.39, 0.29) is 25.2 Å². The van der Waals surface area contributed by atoms with Gasteiger partial charge in [-0.3, -0.25) is 4.79 Å². The molecule has 456 valence electrons. The fraction of sp³-hybridized carbons (Fsp3) is 0.767. The summed E-state index contributed by atoms with van der Waals surface area (Å²) in [5.74, 6) is -2.32. The van der Waals surface area contributed by atoms with Crippen LogP contribution in [-0.4, -0.2) is 220 Å². The van der Waals surface area contributed by atoms with Gasteiger partial charge in [0.25, 0.3) is 0 Å². The van der Waals surface area contributed by atoms with Crippen LogP contribution in [0.1, 0.15) is 118 Å². The second-order valence-electron chi connectivity index (χ2n) is 24.8. The highest BCUT2D eigenvalue weighted by Gasteiger charge is 2.55. The molecule has 6 heterocycles. The first-order valence-electron chi connectivity index (χ1n) is 29.4. The number of ether oxygens (including phenoxy) is 6. The molecule has 0 saturated carbocycles. The number of pyridine rings is 1. The van der Waals surface area contributed by atoms with Gasteiger partial charge in [0.05, 0.1) is 47.2 Å². The highest BCUT2D eigenvalue weighted by molar-refractivity contribution is 5.73. The van der Waals surface area contributed by atoms with Crippen LogP contribution < -0.4 is 10.2 Å². The zero-order valence-electron chi connectivity index (χ0n) is 50.5. The number of piperazine rings is 1. The molecule has 21 heteroatoms. The highest BCUT2D eigenvalue weighted by Crippen LogP contribution is 2.45. The number of carbonyl (C=O) groups excluding carboxylic acids is 1. The summed E-state index contributed by atoms with van der Waals surface area (Å²) < 4.78 is 54.9. The lowest BCUT2D eigenvalue weighted by molar-refractivity contribution is -0.302. The molecule has 0 amide bonds. The Hall–Kier alpha value is -3.81. The molecular formula is C60H97FN8O12. The number of cyclic esters (lactones) is 1. The molecule has 4 aliphatic rings. The van der Waals surface area contributed by atoms with E-state index in [1.54, 1.807) is 54.8 Å². The number of rotatable bonds is 16. The molecule has 20 nitrogen and oxygen atoms in total. The number of aliphatic hydroxyl groups excluding tert-OH is 3. The van der Waals surface area contributed by atoms with E-state index < -0.39 is 127 Å². The molecule has 1 aromatic carbocycles. The summed E-state index contributed by atoms with van der Waals surface area (Å²) in [6.07, 6.45) is -4.38. The Bertz CT molecular complexity index is 2440. The SMILES string of the molecule is CC[C@H]1OC(=O)[C@H](C)[C@@H](C2C[C@@](C)(OC)[C@@H](O)[C@H](C)O2)[C@H](C)[C@@H](O[C@@H]2O[C@H](C)C[C@H](N(C)CCc3cn([C@H](CF)[C@H](OC)c4ccc(-c5ccc(N6CCNCC6)nc5)cc4)nn3)[C@H]2O)[C@](C)(O)C[C@@H](C)CN(C)[C@H](C)[C@@H](O)[C@]1(C)O. The van der Waals surface area contributed by atoms with E-state index in [1.165, 1.54) is 18.7 Å². The summed E-state index contributed by atoms with van der Waals surface area (Å²) in [6.45, 7) is 21.6. The van der Waals surface area contributed by atoms with Gasteiger partial charge < -0.3 is 74.0 Å². The van der Waals surface area contributed by atoms with Crippen LogP contribution in [0.3, 0.4) is 0 Å². The van der Waals surface area contributed by atoms with Crippen molar-refractivity contribution in [2.75, 3.05) is 79.2 Å². The van der Waals surface area contributed by atoms with Crippen molar-refractivity contribution in [1.29, 1.82) is 0 Å². The molecule has 2 aromatic heterocycles. The fourth-order valence-corrected chi connectivity index (χ4v) is 13.6. The van der Waals surface area contributed by atoms with Gasteiger partial charge in [-0.15, -0.1) is 5.10 Å². The molecule has 0 bridgehead atoms. The average molecular weight is 1140 g/mol. The van der Waals surface area contributed by atoms with Crippen LogP contribution in [0.25, 0.3) is 11.1 Å². The lowest BCUT2D eigenvalue weighted by Crippen LogP contribution is -2.62. The summed E-state index contributed by atoms with van der Waals surface area (Å²) >= 11 is 0. The van der Waals surface area contributed by atoms with Gasteiger partial charge in [0, 0.05) is 102 Å². The second-order valence-corrected chi connectivity index (χ2v) is 24.8. The molecule has 7 rings (SSSR count). The van der Waals surface area contributed by atoms with Crippen LogP contribution in [0.5, 0.6) is 0 Å². The van der Waals surface area contributed by atoms with Crippen molar-refractivity contribution < 1.29 is 63.1 Å². The van der Waals surface area contributed by atoms with Crippen LogP contribution in [-0.2, 0) is 39.6 Å². The number of nitrogens with zero attached hydrogens (tertiary/aromatic N) is 7. The normalized spacial score (nSPS) is 38.0. The third-order valence-corrected chi connectivity index (χ3v) is 18.6. The third kappa shape index (κ3) is 14.7. The summed E-state index contributed by atoms with van der Waals surface area (Å²) in [4.78, 5) is 25.6. The lowest BCUT2D eigenvalue weighted by Gasteiger charge is -2.51. The average Bonchev–Trinajstić information content (AvgIpc) is 3.97. The summed E-state index contributed by atoms with van der Waals surface area (Å²) in [7, 11) is 6.83. The minimum atomic E-state index is -1.83. The predicted octanol–water partition coefficient (Wildman–Crippen LogP) is 4.75. The zero-order valence-corrected chi connectivity index (χ0v) is 50.5. The topological polar surface area (TPSA) is 239 Å². The van der Waals surface area contributed by atoms with E-state index in [0.717, 1.165) is 48.7 Å². The Morgan fingerprint density at radius 3 is 2.23 bits per heavy atom. The van der Waals surface area contributed by atoms with E-state index in [2.05, 4.69) is 26.6 Å². The number of aliphatic hydroxyl groups is 5. The second kappa shape index (κ2) is 27.5. The van der Waals surface area contributed by atoms with E-state index in [9.17, 15) is 30.3 Å². The van der Waals surface area contributed by atoms with Crippen LogP contribution in [0.4, 0.5) is 10.2 Å². The Labute approximate surface area is 479 Å². The smallest absolute Gasteiger partial charge is 0.309 e. The number of likely N-dealkylation sites (N-methyl/N-ethyl adjacent to an activating group) is 2. The fourth-order valence-electron chi connectivity index (χ4n) is 13.6. The number of methoxy groups -OCH3 is 2. The van der Waals surface area contributed by atoms with Crippen molar-refractivity contribution >= 4 is 11.8 Å². The van der Waals surface area contributed by atoms with Crippen LogP contribution in [0, 0.1) is 23.7 Å². The number of halogens is 1. The predicted molar refractivity (Wildman–Crippen MR) is 305 cm³/mol. The van der Waals surface area contributed by atoms with E-state index >= 15 is 4.39 Å². The first-order chi connectivity index (χ1) is 38.3. The van der Waals surface area contributed by atoms with Crippen molar-refractivity contribution in [3.8, 4) is 11.1 Å². The molecule has 4 aliphatic heterocycles. The Balaban J connectivity index is 1.10. The molecule has 1 unspecified atom stereocenters. The van der Waals surface area contributed by atoms with Gasteiger partial charge in [-0.1, -0.05) is 57.2 Å². The van der Waals surface area contributed by atoms with Gasteiger partial charge in [0.15, 0.2) is 6.29 Å². The molecule has 4 fully saturated rings. The highest BCUT2D eigenvalue weighted by atomic mass is 19.1. The number of hydrogen-bond acceptors (Lipinski definition) is 19. The third-order valence-electron chi connectivity index (χ3n) is 18.6. The number of esters is 1. The number of benzene rings is 1. The minimum absolute atomic E-state index is 0.171. The standard InChI is InChI=1S/C60H97FN8O12/c1-15-48-60(10,75)53(71)39(6)67(12)33-35(2)29-58(8,74)55(37(4)50(38(5)56(73)80-48)47-30-59(9,77-14)54(72)40(7)79-47)81-57-51(70)45(28-36(3)78-57)66(11)25-22-44-34-69(65-64-44)46(31-61)52(76-13)42-18-16-41(17-19-42)43-20-21-49(63-32-43)68-26-23-62-24-27-68/h16-21,32,34-40,45-48,50-55,57,62,70-72,74-75H,15,22-31,33H2,1-14H3/t35-,36-,37+,38-,39-,40+,45+,46-,47?,48-,50+,51-,52-,53-,54+,55-,57+,58-,59-,60-/m1/s1. The maximum absolute atomic E-state index is 15.1. The first kappa shape index (κ1) is 64.7. The van der Waals surface area contributed by atoms with Gasteiger partial charge in [-0.2, -0.15) is 0 Å². The summed E-state index contributed by atoms with van der Waals surface area (Å²) in [5, 5.41) is 72.7. The molecular weight excluding hydrogens is 1040 g/mol. The van der Waals surface area contributed by atoms with E-state index in [4.69, 9.17) is 33.4 Å². The molecule has 0 aliphatic carbocycles. The van der Waals surface area contributed by atoms with Crippen LogP contribution >= 0.6 is 0 Å². The molecule has 81 heavy (non-hydrogen) atoms. The molecule has 3 aromatic rings. The minimum Gasteiger partial charge on any atom is -0.459 e. The maximum Gasteiger partial charge on any atom is 0.309 e. The van der Waals surface area contributed by atoms with Gasteiger partial charge in [0.1, 0.15) is 54.7 Å². The van der Waals surface area contributed by atoms with Gasteiger partial charge in [0.2, 0.25) is 0 Å². The van der Waals surface area contributed by atoms with Gasteiger partial charge in [-0.05, 0) is 110 Å². The molecule has 0 spiro atoms. The summed E-state index contributed by atoms with van der Waals surface area (Å²) in [5.41, 5.74) is -1.17.